The van der Waals surface area contributed by atoms with Crippen LogP contribution in [0.15, 0.2) is 42.6 Å². The van der Waals surface area contributed by atoms with Gasteiger partial charge in [-0.2, -0.15) is 0 Å². The molecule has 0 saturated carbocycles. The van der Waals surface area contributed by atoms with Crippen LogP contribution in [0.2, 0.25) is 0 Å². The summed E-state index contributed by atoms with van der Waals surface area (Å²) in [5.41, 5.74) is 2.40. The van der Waals surface area contributed by atoms with Gasteiger partial charge in [-0.3, -0.25) is 0 Å². The van der Waals surface area contributed by atoms with Crippen LogP contribution >= 0.6 is 0 Å². The molecular formula is C17H22N2O. The Morgan fingerprint density at radius 1 is 1.20 bits per heavy atom. The van der Waals surface area contributed by atoms with Gasteiger partial charge >= 0.3 is 0 Å². The van der Waals surface area contributed by atoms with Crippen LogP contribution < -0.4 is 10.1 Å². The van der Waals surface area contributed by atoms with Gasteiger partial charge in [0.1, 0.15) is 5.75 Å². The van der Waals surface area contributed by atoms with Crippen LogP contribution in [0, 0.1) is 0 Å². The van der Waals surface area contributed by atoms with Crippen molar-refractivity contribution in [2.75, 3.05) is 7.05 Å². The Hall–Kier alpha value is -1.87. The summed E-state index contributed by atoms with van der Waals surface area (Å²) in [6.45, 7) is 4.28. The zero-order valence-corrected chi connectivity index (χ0v) is 12.4. The summed E-state index contributed by atoms with van der Waals surface area (Å²) in [6, 6.07) is 12.4. The maximum absolute atomic E-state index is 5.91. The Morgan fingerprint density at radius 3 is 2.60 bits per heavy atom. The lowest BCUT2D eigenvalue weighted by Gasteiger charge is -2.15. The van der Waals surface area contributed by atoms with Crippen LogP contribution in [0.25, 0.3) is 0 Å². The molecule has 0 amide bonds. The standard InChI is InChI=1S/C17H22N2O/c1-4-6-14-8-10-15(11-9-14)20-17-16(13(2)18-3)7-5-12-19-17/h5,7-13,18H,4,6H2,1-3H3. The molecule has 0 bridgehead atoms. The van der Waals surface area contributed by atoms with Crippen molar-refractivity contribution in [3.05, 3.63) is 53.7 Å². The van der Waals surface area contributed by atoms with E-state index in [0.29, 0.717) is 5.88 Å². The van der Waals surface area contributed by atoms with Crippen molar-refractivity contribution in [3.63, 3.8) is 0 Å². The fraction of sp³-hybridized carbons (Fsp3) is 0.353. The molecule has 1 aromatic heterocycles. The highest BCUT2D eigenvalue weighted by Gasteiger charge is 2.11. The monoisotopic (exact) mass is 270 g/mol. The minimum absolute atomic E-state index is 0.207. The minimum atomic E-state index is 0.207. The number of ether oxygens (including phenoxy) is 1. The summed E-state index contributed by atoms with van der Waals surface area (Å²) in [7, 11) is 1.93. The Labute approximate surface area is 121 Å². The first kappa shape index (κ1) is 14.5. The zero-order valence-electron chi connectivity index (χ0n) is 12.4. The first-order valence-corrected chi connectivity index (χ1v) is 7.13. The van der Waals surface area contributed by atoms with Crippen LogP contribution in [0.3, 0.4) is 0 Å². The topological polar surface area (TPSA) is 34.1 Å². The van der Waals surface area contributed by atoms with Crippen molar-refractivity contribution in [2.24, 2.45) is 0 Å². The first-order chi connectivity index (χ1) is 9.74. The highest BCUT2D eigenvalue weighted by Crippen LogP contribution is 2.27. The Morgan fingerprint density at radius 2 is 1.95 bits per heavy atom. The summed E-state index contributed by atoms with van der Waals surface area (Å²) in [5, 5.41) is 3.21. The van der Waals surface area contributed by atoms with E-state index in [4.69, 9.17) is 4.74 Å². The molecule has 3 nitrogen and oxygen atoms in total. The van der Waals surface area contributed by atoms with E-state index in [-0.39, 0.29) is 6.04 Å². The molecule has 3 heteroatoms. The van der Waals surface area contributed by atoms with Gasteiger partial charge in [0.25, 0.3) is 0 Å². The lowest BCUT2D eigenvalue weighted by molar-refractivity contribution is 0.446. The first-order valence-electron chi connectivity index (χ1n) is 7.13. The van der Waals surface area contributed by atoms with Crippen LogP contribution in [-0.2, 0) is 6.42 Å². The zero-order chi connectivity index (χ0) is 14.4. The Bertz CT molecular complexity index is 537. The normalized spacial score (nSPS) is 12.2. The molecule has 0 fully saturated rings. The van der Waals surface area contributed by atoms with E-state index in [0.717, 1.165) is 24.2 Å². The van der Waals surface area contributed by atoms with Crippen molar-refractivity contribution in [3.8, 4) is 11.6 Å². The summed E-state index contributed by atoms with van der Waals surface area (Å²) in [4.78, 5) is 4.34. The molecule has 0 aliphatic rings. The number of hydrogen-bond acceptors (Lipinski definition) is 3. The number of benzene rings is 1. The molecule has 1 heterocycles. The second-order valence-corrected chi connectivity index (χ2v) is 4.90. The third-order valence-corrected chi connectivity index (χ3v) is 3.38. The molecule has 0 spiro atoms. The summed E-state index contributed by atoms with van der Waals surface area (Å²) >= 11 is 0. The molecule has 0 radical (unpaired) electrons. The van der Waals surface area contributed by atoms with E-state index in [1.54, 1.807) is 6.20 Å². The van der Waals surface area contributed by atoms with Gasteiger partial charge in [0.15, 0.2) is 0 Å². The van der Waals surface area contributed by atoms with Crippen molar-refractivity contribution in [1.82, 2.24) is 10.3 Å². The van der Waals surface area contributed by atoms with Gasteiger partial charge in [0.05, 0.1) is 0 Å². The van der Waals surface area contributed by atoms with E-state index in [1.807, 2.05) is 31.3 Å². The van der Waals surface area contributed by atoms with Gasteiger partial charge in [-0.05, 0) is 44.2 Å². The molecule has 106 valence electrons. The molecule has 1 aromatic carbocycles. The predicted molar refractivity (Wildman–Crippen MR) is 82.2 cm³/mol. The maximum atomic E-state index is 5.91. The number of hydrogen-bond donors (Lipinski definition) is 1. The number of nitrogens with one attached hydrogen (secondary N) is 1. The molecule has 2 aromatic rings. The molecule has 1 atom stereocenters. The van der Waals surface area contributed by atoms with Gasteiger partial charge in [-0.25, -0.2) is 4.98 Å². The highest BCUT2D eigenvalue weighted by molar-refractivity contribution is 5.35. The largest absolute Gasteiger partial charge is 0.439 e. The molecule has 0 saturated heterocycles. The SMILES string of the molecule is CCCc1ccc(Oc2ncccc2C(C)NC)cc1. The lowest BCUT2D eigenvalue weighted by atomic mass is 10.1. The highest BCUT2D eigenvalue weighted by atomic mass is 16.5. The molecule has 0 aliphatic heterocycles. The van der Waals surface area contributed by atoms with Gasteiger partial charge in [0, 0.05) is 17.8 Å². The third-order valence-electron chi connectivity index (χ3n) is 3.38. The predicted octanol–water partition coefficient (Wildman–Crippen LogP) is 4.11. The van der Waals surface area contributed by atoms with E-state index in [9.17, 15) is 0 Å². The molecule has 2 rings (SSSR count). The molecule has 1 unspecified atom stereocenters. The molecule has 0 aliphatic carbocycles. The summed E-state index contributed by atoms with van der Waals surface area (Å²) in [5.74, 6) is 1.49. The van der Waals surface area contributed by atoms with Crippen molar-refractivity contribution in [2.45, 2.75) is 32.7 Å². The molecular weight excluding hydrogens is 248 g/mol. The quantitative estimate of drug-likeness (QED) is 0.857. The second-order valence-electron chi connectivity index (χ2n) is 4.90. The number of aromatic nitrogens is 1. The average molecular weight is 270 g/mol. The molecule has 1 N–H and O–H groups in total. The number of nitrogens with zero attached hydrogens (tertiary/aromatic N) is 1. The van der Waals surface area contributed by atoms with Gasteiger partial charge in [-0.1, -0.05) is 31.5 Å². The van der Waals surface area contributed by atoms with E-state index >= 15 is 0 Å². The smallest absolute Gasteiger partial charge is 0.223 e. The Balaban J connectivity index is 2.17. The van der Waals surface area contributed by atoms with Gasteiger partial charge in [0.2, 0.25) is 5.88 Å². The van der Waals surface area contributed by atoms with Crippen molar-refractivity contribution < 1.29 is 4.74 Å². The average Bonchev–Trinajstić information content (AvgIpc) is 2.49. The minimum Gasteiger partial charge on any atom is -0.439 e. The maximum Gasteiger partial charge on any atom is 0.223 e. The Kier molecular flexibility index (Phi) is 5.13. The molecule has 20 heavy (non-hydrogen) atoms. The second kappa shape index (κ2) is 7.06. The summed E-state index contributed by atoms with van der Waals surface area (Å²) < 4.78 is 5.91. The van der Waals surface area contributed by atoms with Crippen LogP contribution in [0.1, 0.15) is 37.4 Å². The fourth-order valence-corrected chi connectivity index (χ4v) is 2.10. The van der Waals surface area contributed by atoms with Crippen molar-refractivity contribution in [1.29, 1.82) is 0 Å². The van der Waals surface area contributed by atoms with Gasteiger partial charge < -0.3 is 10.1 Å². The van der Waals surface area contributed by atoms with E-state index in [1.165, 1.54) is 5.56 Å². The van der Waals surface area contributed by atoms with Crippen LogP contribution in [-0.4, -0.2) is 12.0 Å². The summed E-state index contributed by atoms with van der Waals surface area (Å²) in [6.07, 6.45) is 4.02. The van der Waals surface area contributed by atoms with Gasteiger partial charge in [-0.15, -0.1) is 0 Å². The van der Waals surface area contributed by atoms with E-state index in [2.05, 4.69) is 36.3 Å². The lowest BCUT2D eigenvalue weighted by Crippen LogP contribution is -2.13. The van der Waals surface area contributed by atoms with E-state index < -0.39 is 0 Å². The van der Waals surface area contributed by atoms with Crippen LogP contribution in [0.5, 0.6) is 11.6 Å². The number of aryl methyl sites for hydroxylation is 1. The third kappa shape index (κ3) is 3.58. The van der Waals surface area contributed by atoms with Crippen molar-refractivity contribution >= 4 is 0 Å². The van der Waals surface area contributed by atoms with Crippen LogP contribution in [0.4, 0.5) is 0 Å². The fourth-order valence-electron chi connectivity index (χ4n) is 2.10. The number of rotatable bonds is 6. The number of pyridine rings is 1.